The van der Waals surface area contributed by atoms with Crippen LogP contribution in [0, 0.1) is 0 Å². The van der Waals surface area contributed by atoms with E-state index in [2.05, 4.69) is 4.90 Å². The topological polar surface area (TPSA) is 58.7 Å². The summed E-state index contributed by atoms with van der Waals surface area (Å²) in [6.07, 6.45) is 0.839. The molecule has 84 valence electrons. The van der Waals surface area contributed by atoms with Crippen LogP contribution in [0.4, 0.5) is 0 Å². The average molecular weight is 202 g/mol. The maximum atomic E-state index is 9.64. The Balaban J connectivity index is 2.10. The fourth-order valence-corrected chi connectivity index (χ4v) is 1.68. The maximum absolute atomic E-state index is 9.64. The number of likely N-dealkylation sites (tertiary alicyclic amines) is 1. The lowest BCUT2D eigenvalue weighted by molar-refractivity contribution is -0.00592. The lowest BCUT2D eigenvalue weighted by Gasteiger charge is -2.20. The highest BCUT2D eigenvalue weighted by atomic mass is 16.5. The van der Waals surface area contributed by atoms with Crippen molar-refractivity contribution < 1.29 is 9.84 Å². The molecule has 0 aromatic rings. The van der Waals surface area contributed by atoms with Crippen LogP contribution in [0.2, 0.25) is 0 Å². The lowest BCUT2D eigenvalue weighted by Crippen LogP contribution is -2.35. The molecule has 1 aliphatic rings. The molecule has 3 N–H and O–H groups in total. The van der Waals surface area contributed by atoms with Crippen LogP contribution in [0.15, 0.2) is 0 Å². The number of rotatable bonds is 5. The minimum Gasteiger partial charge on any atom is -0.389 e. The van der Waals surface area contributed by atoms with Crippen molar-refractivity contribution in [1.29, 1.82) is 0 Å². The number of aliphatic hydroxyl groups excluding tert-OH is 1. The second-order valence-electron chi connectivity index (χ2n) is 4.34. The molecule has 1 unspecified atom stereocenters. The Bertz CT molecular complexity index is 164. The van der Waals surface area contributed by atoms with Crippen LogP contribution >= 0.6 is 0 Å². The van der Waals surface area contributed by atoms with E-state index in [0.29, 0.717) is 13.2 Å². The third-order valence-corrected chi connectivity index (χ3v) is 2.40. The molecule has 0 aliphatic carbocycles. The smallest absolute Gasteiger partial charge is 0.0900 e. The molecule has 0 saturated carbocycles. The molecule has 4 heteroatoms. The van der Waals surface area contributed by atoms with Gasteiger partial charge < -0.3 is 15.6 Å². The Kier molecular flexibility index (Phi) is 4.81. The molecule has 0 aromatic heterocycles. The van der Waals surface area contributed by atoms with Crippen molar-refractivity contribution in [3.8, 4) is 0 Å². The fourth-order valence-electron chi connectivity index (χ4n) is 1.68. The number of ether oxygens (including phenoxy) is 1. The largest absolute Gasteiger partial charge is 0.389 e. The fraction of sp³-hybridized carbons (Fsp3) is 1.00. The van der Waals surface area contributed by atoms with Crippen LogP contribution < -0.4 is 5.73 Å². The molecular formula is C10H22N2O2. The average Bonchev–Trinajstić information content (AvgIpc) is 2.48. The Hall–Kier alpha value is -0.160. The number of nitrogens with two attached hydrogens (primary N) is 1. The van der Waals surface area contributed by atoms with E-state index in [4.69, 9.17) is 10.5 Å². The summed E-state index contributed by atoms with van der Waals surface area (Å²) in [5, 5.41) is 9.64. The van der Waals surface area contributed by atoms with Crippen molar-refractivity contribution in [2.24, 2.45) is 5.73 Å². The SMILES string of the molecule is CC(C)OCC(O)CN1CC[C@H](N)C1. The quantitative estimate of drug-likeness (QED) is 0.648. The van der Waals surface area contributed by atoms with E-state index in [1.165, 1.54) is 0 Å². The molecule has 0 amide bonds. The summed E-state index contributed by atoms with van der Waals surface area (Å²) in [5.41, 5.74) is 5.77. The summed E-state index contributed by atoms with van der Waals surface area (Å²) in [6.45, 7) is 6.94. The monoisotopic (exact) mass is 202 g/mol. The summed E-state index contributed by atoms with van der Waals surface area (Å²) in [4.78, 5) is 2.19. The summed E-state index contributed by atoms with van der Waals surface area (Å²) in [5.74, 6) is 0. The molecule has 1 aliphatic heterocycles. The number of hydrogen-bond acceptors (Lipinski definition) is 4. The summed E-state index contributed by atoms with van der Waals surface area (Å²) < 4.78 is 5.33. The van der Waals surface area contributed by atoms with Gasteiger partial charge in [0.05, 0.1) is 18.8 Å². The van der Waals surface area contributed by atoms with Crippen molar-refractivity contribution in [3.05, 3.63) is 0 Å². The Labute approximate surface area is 86.0 Å². The van der Waals surface area contributed by atoms with Gasteiger partial charge in [0.2, 0.25) is 0 Å². The van der Waals surface area contributed by atoms with Crippen molar-refractivity contribution in [2.75, 3.05) is 26.2 Å². The molecule has 1 heterocycles. The molecule has 2 atom stereocenters. The lowest BCUT2D eigenvalue weighted by atomic mass is 10.3. The van der Waals surface area contributed by atoms with Gasteiger partial charge in [0, 0.05) is 19.1 Å². The molecular weight excluding hydrogens is 180 g/mol. The Morgan fingerprint density at radius 2 is 2.29 bits per heavy atom. The van der Waals surface area contributed by atoms with E-state index < -0.39 is 0 Å². The molecule has 1 saturated heterocycles. The molecule has 0 aromatic carbocycles. The first kappa shape index (κ1) is 11.9. The molecule has 1 fully saturated rings. The van der Waals surface area contributed by atoms with E-state index in [0.717, 1.165) is 19.5 Å². The molecule has 14 heavy (non-hydrogen) atoms. The van der Waals surface area contributed by atoms with Gasteiger partial charge in [0.15, 0.2) is 0 Å². The first-order valence-corrected chi connectivity index (χ1v) is 5.35. The molecule has 4 nitrogen and oxygen atoms in total. The van der Waals surface area contributed by atoms with Gasteiger partial charge in [-0.2, -0.15) is 0 Å². The van der Waals surface area contributed by atoms with E-state index in [9.17, 15) is 5.11 Å². The van der Waals surface area contributed by atoms with Gasteiger partial charge in [0.25, 0.3) is 0 Å². The summed E-state index contributed by atoms with van der Waals surface area (Å²) >= 11 is 0. The van der Waals surface area contributed by atoms with Crippen molar-refractivity contribution in [3.63, 3.8) is 0 Å². The van der Waals surface area contributed by atoms with Crippen LogP contribution in [0.1, 0.15) is 20.3 Å². The van der Waals surface area contributed by atoms with Gasteiger partial charge in [-0.25, -0.2) is 0 Å². The first-order chi connectivity index (χ1) is 6.58. The number of hydrogen-bond donors (Lipinski definition) is 2. The van der Waals surface area contributed by atoms with E-state index in [1.807, 2.05) is 13.8 Å². The van der Waals surface area contributed by atoms with E-state index >= 15 is 0 Å². The van der Waals surface area contributed by atoms with Crippen LogP contribution in [0.3, 0.4) is 0 Å². The minimum atomic E-state index is -0.386. The molecule has 1 rings (SSSR count). The zero-order valence-electron chi connectivity index (χ0n) is 9.15. The van der Waals surface area contributed by atoms with E-state index in [-0.39, 0.29) is 18.2 Å². The van der Waals surface area contributed by atoms with Gasteiger partial charge in [-0.15, -0.1) is 0 Å². The summed E-state index contributed by atoms with van der Waals surface area (Å²) in [6, 6.07) is 0.285. The zero-order valence-corrected chi connectivity index (χ0v) is 9.15. The second-order valence-corrected chi connectivity index (χ2v) is 4.34. The van der Waals surface area contributed by atoms with Gasteiger partial charge in [-0.3, -0.25) is 4.90 Å². The van der Waals surface area contributed by atoms with Crippen molar-refractivity contribution >= 4 is 0 Å². The first-order valence-electron chi connectivity index (χ1n) is 5.35. The summed E-state index contributed by atoms with van der Waals surface area (Å²) in [7, 11) is 0. The number of aliphatic hydroxyl groups is 1. The van der Waals surface area contributed by atoms with Crippen LogP contribution in [-0.2, 0) is 4.74 Å². The normalized spacial score (nSPS) is 25.9. The zero-order chi connectivity index (χ0) is 10.6. The van der Waals surface area contributed by atoms with Gasteiger partial charge >= 0.3 is 0 Å². The molecule has 0 bridgehead atoms. The third kappa shape index (κ3) is 4.37. The van der Waals surface area contributed by atoms with Crippen LogP contribution in [-0.4, -0.2) is 54.5 Å². The van der Waals surface area contributed by atoms with E-state index in [1.54, 1.807) is 0 Å². The second kappa shape index (κ2) is 5.66. The third-order valence-electron chi connectivity index (χ3n) is 2.40. The van der Waals surface area contributed by atoms with Gasteiger partial charge in [0.1, 0.15) is 0 Å². The number of nitrogens with zero attached hydrogens (tertiary/aromatic N) is 1. The molecule has 0 radical (unpaired) electrons. The highest BCUT2D eigenvalue weighted by molar-refractivity contribution is 4.79. The highest BCUT2D eigenvalue weighted by Crippen LogP contribution is 2.07. The van der Waals surface area contributed by atoms with Crippen LogP contribution in [0.25, 0.3) is 0 Å². The Morgan fingerprint density at radius 3 is 2.79 bits per heavy atom. The standard InChI is InChI=1S/C10H22N2O2/c1-8(2)14-7-10(13)6-12-4-3-9(11)5-12/h8-10,13H,3-7,11H2,1-2H3/t9-,10?/m0/s1. The predicted molar refractivity (Wildman–Crippen MR) is 56.1 cm³/mol. The van der Waals surface area contributed by atoms with Crippen molar-refractivity contribution in [2.45, 2.75) is 38.5 Å². The highest BCUT2D eigenvalue weighted by Gasteiger charge is 2.21. The van der Waals surface area contributed by atoms with Gasteiger partial charge in [-0.05, 0) is 26.8 Å². The van der Waals surface area contributed by atoms with Crippen molar-refractivity contribution in [1.82, 2.24) is 4.90 Å². The minimum absolute atomic E-state index is 0.186. The number of β-amino-alcohol motifs (C(OH)–C–C–N with tert-alkyl or cyclic N) is 1. The Morgan fingerprint density at radius 1 is 1.57 bits per heavy atom. The predicted octanol–water partition coefficient (Wildman–Crippen LogP) is -0.195. The van der Waals surface area contributed by atoms with Crippen LogP contribution in [0.5, 0.6) is 0 Å². The van der Waals surface area contributed by atoms with Gasteiger partial charge in [-0.1, -0.05) is 0 Å². The molecule has 0 spiro atoms. The maximum Gasteiger partial charge on any atom is 0.0900 e.